The predicted octanol–water partition coefficient (Wildman–Crippen LogP) is 4.66. The van der Waals surface area contributed by atoms with Crippen molar-refractivity contribution >= 4 is 17.8 Å². The molecule has 194 valence electrons. The van der Waals surface area contributed by atoms with E-state index in [1.54, 1.807) is 0 Å². The SMILES string of the molecule is Cc1cc(C)c(COC(=O)[C@@H](NC(=O)C[C@@H]2CCC(=O)N2Cc2cccc(F)c2F)C(C)C)c(C)c1. The first-order valence-electron chi connectivity index (χ1n) is 12.2. The number of carbonyl (C=O) groups excluding carboxylic acids is 3. The maximum absolute atomic E-state index is 14.1. The van der Waals surface area contributed by atoms with E-state index in [0.29, 0.717) is 6.42 Å². The molecule has 0 aromatic heterocycles. The van der Waals surface area contributed by atoms with Gasteiger partial charge in [0.1, 0.15) is 12.6 Å². The van der Waals surface area contributed by atoms with Crippen molar-refractivity contribution < 1.29 is 27.9 Å². The number of likely N-dealkylation sites (tertiary alicyclic amines) is 1. The highest BCUT2D eigenvalue weighted by Gasteiger charge is 2.34. The van der Waals surface area contributed by atoms with E-state index < -0.39 is 35.6 Å². The zero-order valence-electron chi connectivity index (χ0n) is 21.5. The number of esters is 1. The van der Waals surface area contributed by atoms with Crippen molar-refractivity contribution in [1.82, 2.24) is 10.2 Å². The van der Waals surface area contributed by atoms with Crippen LogP contribution in [0.25, 0.3) is 0 Å². The third kappa shape index (κ3) is 6.47. The van der Waals surface area contributed by atoms with Gasteiger partial charge in [-0.25, -0.2) is 13.6 Å². The summed E-state index contributed by atoms with van der Waals surface area (Å²) in [7, 11) is 0. The summed E-state index contributed by atoms with van der Waals surface area (Å²) in [5.41, 5.74) is 4.19. The van der Waals surface area contributed by atoms with Crippen LogP contribution in [0.15, 0.2) is 30.3 Å². The first kappa shape index (κ1) is 27.3. The van der Waals surface area contributed by atoms with Crippen molar-refractivity contribution in [2.75, 3.05) is 0 Å². The van der Waals surface area contributed by atoms with Gasteiger partial charge in [0, 0.05) is 31.0 Å². The molecule has 2 aromatic carbocycles. The van der Waals surface area contributed by atoms with E-state index in [0.717, 1.165) is 28.3 Å². The van der Waals surface area contributed by atoms with Crippen LogP contribution in [0.1, 0.15) is 60.9 Å². The lowest BCUT2D eigenvalue weighted by Crippen LogP contribution is -2.47. The largest absolute Gasteiger partial charge is 0.459 e. The molecule has 8 heteroatoms. The van der Waals surface area contributed by atoms with Gasteiger partial charge in [0.05, 0.1) is 0 Å². The molecule has 36 heavy (non-hydrogen) atoms. The Morgan fingerprint density at radius 2 is 1.81 bits per heavy atom. The van der Waals surface area contributed by atoms with Crippen LogP contribution >= 0.6 is 0 Å². The summed E-state index contributed by atoms with van der Waals surface area (Å²) >= 11 is 0. The Morgan fingerprint density at radius 3 is 2.44 bits per heavy atom. The lowest BCUT2D eigenvalue weighted by molar-refractivity contribution is -0.150. The molecule has 0 radical (unpaired) electrons. The topological polar surface area (TPSA) is 75.7 Å². The van der Waals surface area contributed by atoms with Gasteiger partial charge in [-0.05, 0) is 55.9 Å². The number of carbonyl (C=O) groups is 3. The molecule has 0 spiro atoms. The van der Waals surface area contributed by atoms with E-state index in [2.05, 4.69) is 5.32 Å². The maximum atomic E-state index is 14.1. The van der Waals surface area contributed by atoms with E-state index >= 15 is 0 Å². The van der Waals surface area contributed by atoms with E-state index in [9.17, 15) is 23.2 Å². The molecule has 2 atom stereocenters. The van der Waals surface area contributed by atoms with E-state index in [1.165, 1.54) is 17.0 Å². The van der Waals surface area contributed by atoms with Crippen molar-refractivity contribution in [2.24, 2.45) is 5.92 Å². The highest BCUT2D eigenvalue weighted by Crippen LogP contribution is 2.25. The van der Waals surface area contributed by atoms with Crippen molar-refractivity contribution in [3.63, 3.8) is 0 Å². The second kappa shape index (κ2) is 11.6. The number of rotatable bonds is 9. The molecule has 1 heterocycles. The van der Waals surface area contributed by atoms with Crippen LogP contribution in [0.5, 0.6) is 0 Å². The van der Waals surface area contributed by atoms with Crippen LogP contribution in [0, 0.1) is 38.3 Å². The van der Waals surface area contributed by atoms with Gasteiger partial charge in [0.2, 0.25) is 11.8 Å². The van der Waals surface area contributed by atoms with Gasteiger partial charge >= 0.3 is 5.97 Å². The van der Waals surface area contributed by atoms with Crippen LogP contribution in [0.4, 0.5) is 8.78 Å². The molecule has 2 aromatic rings. The molecule has 2 amide bonds. The molecule has 1 aliphatic heterocycles. The number of hydrogen-bond donors (Lipinski definition) is 1. The minimum absolute atomic E-state index is 0.0463. The number of hydrogen-bond acceptors (Lipinski definition) is 4. The van der Waals surface area contributed by atoms with Crippen molar-refractivity contribution in [3.05, 3.63) is 69.8 Å². The Labute approximate surface area is 211 Å². The third-order valence-corrected chi connectivity index (χ3v) is 6.68. The quantitative estimate of drug-likeness (QED) is 0.509. The summed E-state index contributed by atoms with van der Waals surface area (Å²) in [4.78, 5) is 39.6. The number of ether oxygens (including phenoxy) is 1. The highest BCUT2D eigenvalue weighted by molar-refractivity contribution is 5.86. The number of halogens is 2. The molecule has 0 saturated carbocycles. The minimum Gasteiger partial charge on any atom is -0.459 e. The second-order valence-corrected chi connectivity index (χ2v) is 9.91. The van der Waals surface area contributed by atoms with Gasteiger partial charge in [0.15, 0.2) is 11.6 Å². The van der Waals surface area contributed by atoms with Crippen LogP contribution < -0.4 is 5.32 Å². The zero-order valence-corrected chi connectivity index (χ0v) is 21.5. The van der Waals surface area contributed by atoms with Crippen molar-refractivity contribution in [1.29, 1.82) is 0 Å². The number of nitrogens with zero attached hydrogens (tertiary/aromatic N) is 1. The van der Waals surface area contributed by atoms with Gasteiger partial charge in [-0.15, -0.1) is 0 Å². The summed E-state index contributed by atoms with van der Waals surface area (Å²) in [5, 5.41) is 2.75. The monoisotopic (exact) mass is 500 g/mol. The molecule has 1 N–H and O–H groups in total. The van der Waals surface area contributed by atoms with Crippen molar-refractivity contribution in [2.45, 2.75) is 79.1 Å². The normalized spacial score (nSPS) is 16.4. The Bertz CT molecular complexity index is 1130. The summed E-state index contributed by atoms with van der Waals surface area (Å²) < 4.78 is 33.3. The lowest BCUT2D eigenvalue weighted by atomic mass is 10.0. The average molecular weight is 501 g/mol. The van der Waals surface area contributed by atoms with Gasteiger partial charge in [-0.2, -0.15) is 0 Å². The van der Waals surface area contributed by atoms with Crippen LogP contribution in [-0.2, 0) is 32.3 Å². The molecule has 1 fully saturated rings. The first-order chi connectivity index (χ1) is 17.0. The molecular weight excluding hydrogens is 466 g/mol. The summed E-state index contributed by atoms with van der Waals surface area (Å²) in [6.45, 7) is 9.56. The zero-order chi connectivity index (χ0) is 26.6. The Kier molecular flexibility index (Phi) is 8.82. The Balaban J connectivity index is 1.63. The van der Waals surface area contributed by atoms with E-state index in [4.69, 9.17) is 4.74 Å². The van der Waals surface area contributed by atoms with Gasteiger partial charge in [-0.1, -0.05) is 43.7 Å². The fraction of sp³-hybridized carbons (Fsp3) is 0.464. The smallest absolute Gasteiger partial charge is 0.329 e. The third-order valence-electron chi connectivity index (χ3n) is 6.68. The molecule has 0 aliphatic carbocycles. The molecule has 3 rings (SSSR count). The first-order valence-corrected chi connectivity index (χ1v) is 12.2. The summed E-state index contributed by atoms with van der Waals surface area (Å²) in [5.74, 6) is -3.36. The van der Waals surface area contributed by atoms with E-state index in [1.807, 2.05) is 46.8 Å². The average Bonchev–Trinajstić information content (AvgIpc) is 3.13. The summed E-state index contributed by atoms with van der Waals surface area (Å²) in [6, 6.07) is 6.56. The van der Waals surface area contributed by atoms with Crippen LogP contribution in [0.3, 0.4) is 0 Å². The van der Waals surface area contributed by atoms with Gasteiger partial charge in [0.25, 0.3) is 0 Å². The minimum atomic E-state index is -0.998. The van der Waals surface area contributed by atoms with Crippen LogP contribution in [-0.4, -0.2) is 34.8 Å². The molecule has 0 bridgehead atoms. The molecule has 0 unspecified atom stereocenters. The molecule has 1 aliphatic rings. The number of amides is 2. The standard InChI is InChI=1S/C28H34F2N2O4/c1-16(2)27(28(35)36-15-22-18(4)11-17(3)12-19(22)5)31-24(33)13-21-9-10-25(34)32(21)14-20-7-6-8-23(29)26(20)30/h6-8,11-12,16,21,27H,9-10,13-15H2,1-5H3,(H,31,33)/t21-,27-/m0/s1. The predicted molar refractivity (Wildman–Crippen MR) is 132 cm³/mol. The Hall–Kier alpha value is -3.29. The maximum Gasteiger partial charge on any atom is 0.329 e. The molecule has 6 nitrogen and oxygen atoms in total. The fourth-order valence-electron chi connectivity index (χ4n) is 4.69. The number of aryl methyl sites for hydroxylation is 3. The van der Waals surface area contributed by atoms with Crippen LogP contribution in [0.2, 0.25) is 0 Å². The Morgan fingerprint density at radius 1 is 1.14 bits per heavy atom. The van der Waals surface area contributed by atoms with Gasteiger partial charge in [-0.3, -0.25) is 9.59 Å². The van der Waals surface area contributed by atoms with Crippen molar-refractivity contribution in [3.8, 4) is 0 Å². The second-order valence-electron chi connectivity index (χ2n) is 9.91. The molecular formula is C28H34F2N2O4. The van der Waals surface area contributed by atoms with Gasteiger partial charge < -0.3 is 15.0 Å². The number of nitrogens with one attached hydrogen (secondary N) is 1. The van der Waals surface area contributed by atoms with E-state index in [-0.39, 0.29) is 43.4 Å². The summed E-state index contributed by atoms with van der Waals surface area (Å²) in [6.07, 6.45) is 0.598. The molecule has 1 saturated heterocycles. The fourth-order valence-corrected chi connectivity index (χ4v) is 4.69. The number of benzene rings is 2. The highest BCUT2D eigenvalue weighted by atomic mass is 19.2. The lowest BCUT2D eigenvalue weighted by Gasteiger charge is -2.26.